The van der Waals surface area contributed by atoms with Gasteiger partial charge in [0.2, 0.25) is 0 Å². The summed E-state index contributed by atoms with van der Waals surface area (Å²) in [6, 6.07) is 0. The van der Waals surface area contributed by atoms with Crippen LogP contribution in [0.1, 0.15) is 27.2 Å². The maximum Gasteiger partial charge on any atom is 0.0603 e. The summed E-state index contributed by atoms with van der Waals surface area (Å²) >= 11 is 0. The Balaban J connectivity index is 3.11. The fraction of sp³-hybridized carbons (Fsp3) is 1.00. The Morgan fingerprint density at radius 1 is 1.50 bits per heavy atom. The largest absolute Gasteiger partial charge is 0.314 e. The van der Waals surface area contributed by atoms with Crippen molar-refractivity contribution in [2.75, 3.05) is 6.54 Å². The minimum Gasteiger partial charge on any atom is -0.314 e. The molecule has 0 saturated heterocycles. The maximum absolute atomic E-state index is 5.61. The van der Waals surface area contributed by atoms with E-state index in [-0.39, 0.29) is 5.66 Å². The van der Waals surface area contributed by atoms with Crippen LogP contribution in [0.2, 0.25) is 0 Å². The Labute approximate surface area is 51.5 Å². The fourth-order valence-corrected chi connectivity index (χ4v) is 0.447. The molecule has 0 atom stereocenters. The summed E-state index contributed by atoms with van der Waals surface area (Å²) in [4.78, 5) is 0. The van der Waals surface area contributed by atoms with Crippen LogP contribution < -0.4 is 11.1 Å². The molecule has 2 heteroatoms. The predicted octanol–water partition coefficient (Wildman–Crippen LogP) is 0.681. The van der Waals surface area contributed by atoms with Crippen LogP contribution in [0.25, 0.3) is 0 Å². The van der Waals surface area contributed by atoms with Gasteiger partial charge in [0.25, 0.3) is 0 Å². The molecule has 0 aromatic rings. The van der Waals surface area contributed by atoms with Crippen LogP contribution in [-0.4, -0.2) is 12.2 Å². The molecule has 0 aliphatic carbocycles. The molecule has 0 aliphatic heterocycles. The van der Waals surface area contributed by atoms with E-state index >= 15 is 0 Å². The quantitative estimate of drug-likeness (QED) is 0.532. The Morgan fingerprint density at radius 2 is 2.00 bits per heavy atom. The van der Waals surface area contributed by atoms with Crippen molar-refractivity contribution >= 4 is 0 Å². The Morgan fingerprint density at radius 3 is 2.12 bits per heavy atom. The van der Waals surface area contributed by atoms with Gasteiger partial charge in [0.05, 0.1) is 5.66 Å². The lowest BCUT2D eigenvalue weighted by Gasteiger charge is -2.19. The molecule has 0 radical (unpaired) electrons. The van der Waals surface area contributed by atoms with Crippen molar-refractivity contribution in [3.05, 3.63) is 0 Å². The van der Waals surface area contributed by atoms with Crippen molar-refractivity contribution in [3.63, 3.8) is 0 Å². The zero-order valence-corrected chi connectivity index (χ0v) is 5.99. The topological polar surface area (TPSA) is 38.0 Å². The van der Waals surface area contributed by atoms with Gasteiger partial charge in [-0.15, -0.1) is 0 Å². The Hall–Kier alpha value is -0.0800. The molecule has 0 fully saturated rings. The molecule has 0 spiro atoms. The van der Waals surface area contributed by atoms with Gasteiger partial charge >= 0.3 is 0 Å². The highest BCUT2D eigenvalue weighted by Gasteiger charge is 2.05. The molecule has 0 aromatic heterocycles. The predicted molar refractivity (Wildman–Crippen MR) is 36.6 cm³/mol. The van der Waals surface area contributed by atoms with Crippen molar-refractivity contribution in [2.45, 2.75) is 32.9 Å². The molecule has 3 N–H and O–H groups in total. The lowest BCUT2D eigenvalue weighted by molar-refractivity contribution is 0.404. The zero-order valence-electron chi connectivity index (χ0n) is 5.99. The van der Waals surface area contributed by atoms with Crippen molar-refractivity contribution < 1.29 is 0 Å². The number of nitrogens with two attached hydrogens (primary N) is 1. The number of hydrogen-bond donors (Lipinski definition) is 2. The summed E-state index contributed by atoms with van der Waals surface area (Å²) in [7, 11) is 0. The first kappa shape index (κ1) is 7.92. The molecule has 0 heterocycles. The third kappa shape index (κ3) is 5.92. The fourth-order valence-electron chi connectivity index (χ4n) is 0.447. The Kier molecular flexibility index (Phi) is 3.02. The lowest BCUT2D eigenvalue weighted by Crippen LogP contribution is -2.47. The minimum atomic E-state index is -0.198. The molecular formula is C6H16N2. The van der Waals surface area contributed by atoms with E-state index < -0.39 is 0 Å². The second kappa shape index (κ2) is 3.05. The average Bonchev–Trinajstić information content (AvgIpc) is 1.59. The summed E-state index contributed by atoms with van der Waals surface area (Å²) in [6.07, 6.45) is 1.14. The van der Waals surface area contributed by atoms with Gasteiger partial charge in [0, 0.05) is 0 Å². The van der Waals surface area contributed by atoms with E-state index in [0.29, 0.717) is 0 Å². The van der Waals surface area contributed by atoms with Crippen molar-refractivity contribution in [2.24, 2.45) is 5.73 Å². The van der Waals surface area contributed by atoms with E-state index in [1.54, 1.807) is 0 Å². The first-order chi connectivity index (χ1) is 3.56. The molecular weight excluding hydrogens is 100 g/mol. The van der Waals surface area contributed by atoms with Crippen LogP contribution in [-0.2, 0) is 0 Å². The maximum atomic E-state index is 5.61. The minimum absolute atomic E-state index is 0.198. The molecule has 0 bridgehead atoms. The van der Waals surface area contributed by atoms with Gasteiger partial charge in [-0.05, 0) is 26.8 Å². The second-order valence-corrected chi connectivity index (χ2v) is 2.65. The summed E-state index contributed by atoms with van der Waals surface area (Å²) < 4.78 is 0. The summed E-state index contributed by atoms with van der Waals surface area (Å²) in [5.74, 6) is 0. The first-order valence-corrected chi connectivity index (χ1v) is 3.10. The van der Waals surface area contributed by atoms with Crippen molar-refractivity contribution in [3.8, 4) is 0 Å². The van der Waals surface area contributed by atoms with Gasteiger partial charge in [-0.2, -0.15) is 0 Å². The normalized spacial score (nSPS) is 12.0. The van der Waals surface area contributed by atoms with Crippen LogP contribution in [0, 0.1) is 0 Å². The highest BCUT2D eigenvalue weighted by Crippen LogP contribution is 1.87. The summed E-state index contributed by atoms with van der Waals surface area (Å²) in [5.41, 5.74) is 5.41. The monoisotopic (exact) mass is 116 g/mol. The molecule has 0 aromatic carbocycles. The molecule has 0 unspecified atom stereocenters. The number of rotatable bonds is 3. The molecule has 0 saturated carbocycles. The molecule has 0 aliphatic rings. The highest BCUT2D eigenvalue weighted by molar-refractivity contribution is 4.66. The van der Waals surface area contributed by atoms with Gasteiger partial charge in [-0.1, -0.05) is 6.92 Å². The van der Waals surface area contributed by atoms with E-state index in [2.05, 4.69) is 12.2 Å². The standard InChI is InChI=1S/C6H16N2/c1-4-5-8-6(2,3)7/h8H,4-5,7H2,1-3H3. The molecule has 0 amide bonds. The molecule has 50 valence electrons. The molecule has 0 rings (SSSR count). The van der Waals surface area contributed by atoms with Crippen molar-refractivity contribution in [1.82, 2.24) is 5.32 Å². The van der Waals surface area contributed by atoms with Crippen LogP contribution in [0.15, 0.2) is 0 Å². The molecule has 8 heavy (non-hydrogen) atoms. The van der Waals surface area contributed by atoms with Crippen LogP contribution in [0.5, 0.6) is 0 Å². The Bertz CT molecular complexity index is 54.0. The lowest BCUT2D eigenvalue weighted by atomic mass is 10.2. The van der Waals surface area contributed by atoms with Crippen LogP contribution >= 0.6 is 0 Å². The molecule has 2 nitrogen and oxygen atoms in total. The van der Waals surface area contributed by atoms with E-state index in [0.717, 1.165) is 13.0 Å². The van der Waals surface area contributed by atoms with Gasteiger partial charge in [-0.25, -0.2) is 0 Å². The summed E-state index contributed by atoms with van der Waals surface area (Å²) in [5, 5.41) is 3.15. The van der Waals surface area contributed by atoms with Gasteiger partial charge in [0.1, 0.15) is 0 Å². The van der Waals surface area contributed by atoms with E-state index in [9.17, 15) is 0 Å². The van der Waals surface area contributed by atoms with Crippen LogP contribution in [0.3, 0.4) is 0 Å². The smallest absolute Gasteiger partial charge is 0.0603 e. The average molecular weight is 116 g/mol. The third-order valence-corrected chi connectivity index (χ3v) is 0.831. The van der Waals surface area contributed by atoms with Crippen molar-refractivity contribution in [1.29, 1.82) is 0 Å². The summed E-state index contributed by atoms with van der Waals surface area (Å²) in [6.45, 7) is 7.05. The highest BCUT2D eigenvalue weighted by atomic mass is 15.1. The third-order valence-electron chi connectivity index (χ3n) is 0.831. The number of nitrogens with one attached hydrogen (secondary N) is 1. The van der Waals surface area contributed by atoms with E-state index in [1.807, 2.05) is 13.8 Å². The van der Waals surface area contributed by atoms with Gasteiger partial charge < -0.3 is 5.73 Å². The number of hydrogen-bond acceptors (Lipinski definition) is 2. The zero-order chi connectivity index (χ0) is 6.62. The first-order valence-electron chi connectivity index (χ1n) is 3.10. The van der Waals surface area contributed by atoms with Gasteiger partial charge in [0.15, 0.2) is 0 Å². The SMILES string of the molecule is CCCNC(C)(C)N. The van der Waals surface area contributed by atoms with E-state index in [4.69, 9.17) is 5.73 Å². The second-order valence-electron chi connectivity index (χ2n) is 2.65. The van der Waals surface area contributed by atoms with E-state index in [1.165, 1.54) is 0 Å². The van der Waals surface area contributed by atoms with Gasteiger partial charge in [-0.3, -0.25) is 5.32 Å². The van der Waals surface area contributed by atoms with Crippen LogP contribution in [0.4, 0.5) is 0 Å².